The molecule has 0 radical (unpaired) electrons. The van der Waals surface area contributed by atoms with Gasteiger partial charge in [-0.2, -0.15) is 0 Å². The third kappa shape index (κ3) is 4.30. The highest BCUT2D eigenvalue weighted by Gasteiger charge is 2.14. The predicted molar refractivity (Wildman–Crippen MR) is 95.8 cm³/mol. The number of hydrogen-bond donors (Lipinski definition) is 2. The maximum Gasteiger partial charge on any atom is 0.260 e. The van der Waals surface area contributed by atoms with E-state index in [0.29, 0.717) is 41.3 Å². The van der Waals surface area contributed by atoms with E-state index < -0.39 is 6.10 Å². The van der Waals surface area contributed by atoms with E-state index in [1.165, 1.54) is 12.1 Å². The molecule has 0 saturated heterocycles. The van der Waals surface area contributed by atoms with E-state index in [1.807, 2.05) is 0 Å². The molecular formula is C19H20FN3O3. The molecule has 1 aromatic heterocycles. The maximum absolute atomic E-state index is 13.2. The molecule has 136 valence electrons. The lowest BCUT2D eigenvalue weighted by atomic mass is 10.3. The predicted octanol–water partition coefficient (Wildman–Crippen LogP) is 2.84. The van der Waals surface area contributed by atoms with Crippen molar-refractivity contribution in [1.29, 1.82) is 0 Å². The Hall–Kier alpha value is -3.09. The Kier molecular flexibility index (Phi) is 5.36. The number of hydrogen-bond acceptors (Lipinski definition) is 4. The summed E-state index contributed by atoms with van der Waals surface area (Å²) in [6.45, 7) is 2.08. The quantitative estimate of drug-likeness (QED) is 0.682. The molecule has 0 fully saturated rings. The van der Waals surface area contributed by atoms with Crippen molar-refractivity contribution < 1.29 is 18.7 Å². The van der Waals surface area contributed by atoms with Gasteiger partial charge < -0.3 is 19.8 Å². The SMILES string of the molecule is COc1cccc(OC(C)C(=O)NCCc2nc3ccc(F)cc3[nH]2)c1. The van der Waals surface area contributed by atoms with Gasteiger partial charge in [0.1, 0.15) is 23.1 Å². The van der Waals surface area contributed by atoms with Crippen LogP contribution in [-0.2, 0) is 11.2 Å². The number of carbonyl (C=O) groups is 1. The second-order valence-electron chi connectivity index (χ2n) is 5.83. The summed E-state index contributed by atoms with van der Waals surface area (Å²) in [7, 11) is 1.57. The molecule has 0 aliphatic carbocycles. The molecule has 1 unspecified atom stereocenters. The second kappa shape index (κ2) is 7.86. The number of nitrogens with one attached hydrogen (secondary N) is 2. The molecule has 2 N–H and O–H groups in total. The van der Waals surface area contributed by atoms with Crippen molar-refractivity contribution in [2.45, 2.75) is 19.4 Å². The minimum Gasteiger partial charge on any atom is -0.497 e. The normalized spacial score (nSPS) is 12.0. The number of aromatic amines is 1. The number of nitrogens with zero attached hydrogens (tertiary/aromatic N) is 1. The number of amides is 1. The number of aromatic nitrogens is 2. The highest BCUT2D eigenvalue weighted by Crippen LogP contribution is 2.20. The second-order valence-corrected chi connectivity index (χ2v) is 5.83. The zero-order valence-corrected chi connectivity index (χ0v) is 14.6. The fourth-order valence-corrected chi connectivity index (χ4v) is 2.53. The van der Waals surface area contributed by atoms with Gasteiger partial charge in [0.25, 0.3) is 5.91 Å². The third-order valence-electron chi connectivity index (χ3n) is 3.88. The number of carbonyl (C=O) groups excluding carboxylic acids is 1. The lowest BCUT2D eigenvalue weighted by Crippen LogP contribution is -2.37. The van der Waals surface area contributed by atoms with Crippen LogP contribution in [0.25, 0.3) is 11.0 Å². The van der Waals surface area contributed by atoms with E-state index in [-0.39, 0.29) is 11.7 Å². The zero-order chi connectivity index (χ0) is 18.5. The van der Waals surface area contributed by atoms with E-state index in [0.717, 1.165) is 0 Å². The molecule has 1 amide bonds. The summed E-state index contributed by atoms with van der Waals surface area (Å²) in [5.74, 6) is 1.37. The topological polar surface area (TPSA) is 76.2 Å². The minimum atomic E-state index is -0.646. The zero-order valence-electron chi connectivity index (χ0n) is 14.6. The smallest absolute Gasteiger partial charge is 0.260 e. The number of ether oxygens (including phenoxy) is 2. The Morgan fingerprint density at radius 2 is 2.08 bits per heavy atom. The van der Waals surface area contributed by atoms with Crippen molar-refractivity contribution >= 4 is 16.9 Å². The largest absolute Gasteiger partial charge is 0.497 e. The lowest BCUT2D eigenvalue weighted by Gasteiger charge is -2.15. The van der Waals surface area contributed by atoms with Crippen LogP contribution in [-0.4, -0.2) is 35.6 Å². The summed E-state index contributed by atoms with van der Waals surface area (Å²) in [5, 5.41) is 2.81. The van der Waals surface area contributed by atoms with Gasteiger partial charge in [-0.1, -0.05) is 6.07 Å². The van der Waals surface area contributed by atoms with E-state index in [4.69, 9.17) is 9.47 Å². The Morgan fingerprint density at radius 1 is 1.27 bits per heavy atom. The van der Waals surface area contributed by atoms with E-state index in [1.54, 1.807) is 44.4 Å². The number of halogens is 1. The molecule has 1 atom stereocenters. The molecule has 7 heteroatoms. The monoisotopic (exact) mass is 357 g/mol. The number of rotatable bonds is 7. The standard InChI is InChI=1S/C19H20FN3O3/c1-12(26-15-5-3-4-14(11-15)25-2)19(24)21-9-8-18-22-16-7-6-13(20)10-17(16)23-18/h3-7,10-12H,8-9H2,1-2H3,(H,21,24)(H,22,23). The fraction of sp³-hybridized carbons (Fsp3) is 0.263. The van der Waals surface area contributed by atoms with Gasteiger partial charge in [0, 0.05) is 19.0 Å². The van der Waals surface area contributed by atoms with Gasteiger partial charge in [-0.15, -0.1) is 0 Å². The molecule has 1 heterocycles. The number of imidazole rings is 1. The van der Waals surface area contributed by atoms with Crippen LogP contribution in [0.5, 0.6) is 11.5 Å². The van der Waals surface area contributed by atoms with Crippen molar-refractivity contribution in [3.63, 3.8) is 0 Å². The van der Waals surface area contributed by atoms with Crippen LogP contribution in [0.2, 0.25) is 0 Å². The van der Waals surface area contributed by atoms with Crippen molar-refractivity contribution in [2.75, 3.05) is 13.7 Å². The average molecular weight is 357 g/mol. The maximum atomic E-state index is 13.2. The Labute approximate surface area is 150 Å². The van der Waals surface area contributed by atoms with Crippen LogP contribution in [0.3, 0.4) is 0 Å². The number of methoxy groups -OCH3 is 1. The first-order valence-corrected chi connectivity index (χ1v) is 8.28. The van der Waals surface area contributed by atoms with Gasteiger partial charge in [0.2, 0.25) is 0 Å². The minimum absolute atomic E-state index is 0.227. The summed E-state index contributed by atoms with van der Waals surface area (Å²) in [6, 6.07) is 11.5. The van der Waals surface area contributed by atoms with Crippen LogP contribution in [0, 0.1) is 5.82 Å². The van der Waals surface area contributed by atoms with Crippen molar-refractivity contribution in [3.05, 3.63) is 54.1 Å². The third-order valence-corrected chi connectivity index (χ3v) is 3.88. The van der Waals surface area contributed by atoms with Gasteiger partial charge in [0.15, 0.2) is 6.10 Å². The van der Waals surface area contributed by atoms with Crippen molar-refractivity contribution in [2.24, 2.45) is 0 Å². The number of benzene rings is 2. The highest BCUT2D eigenvalue weighted by atomic mass is 19.1. The van der Waals surface area contributed by atoms with Gasteiger partial charge >= 0.3 is 0 Å². The Bertz CT molecular complexity index is 910. The lowest BCUT2D eigenvalue weighted by molar-refractivity contribution is -0.127. The fourth-order valence-electron chi connectivity index (χ4n) is 2.53. The Morgan fingerprint density at radius 3 is 2.88 bits per heavy atom. The molecule has 0 spiro atoms. The highest BCUT2D eigenvalue weighted by molar-refractivity contribution is 5.80. The summed E-state index contributed by atoms with van der Waals surface area (Å²) in [5.41, 5.74) is 1.34. The van der Waals surface area contributed by atoms with Crippen LogP contribution in [0.1, 0.15) is 12.7 Å². The van der Waals surface area contributed by atoms with E-state index >= 15 is 0 Å². The molecule has 0 saturated carbocycles. The molecule has 2 aromatic carbocycles. The molecule has 3 aromatic rings. The first-order valence-electron chi connectivity index (χ1n) is 8.28. The van der Waals surface area contributed by atoms with Crippen LogP contribution < -0.4 is 14.8 Å². The first kappa shape index (κ1) is 17.7. The molecule has 0 aliphatic heterocycles. The van der Waals surface area contributed by atoms with Crippen molar-refractivity contribution in [1.82, 2.24) is 15.3 Å². The summed E-state index contributed by atoms with van der Waals surface area (Å²) >= 11 is 0. The summed E-state index contributed by atoms with van der Waals surface area (Å²) < 4.78 is 23.9. The number of H-pyrrole nitrogens is 1. The van der Waals surface area contributed by atoms with Gasteiger partial charge in [-0.25, -0.2) is 9.37 Å². The Balaban J connectivity index is 1.50. The van der Waals surface area contributed by atoms with Crippen LogP contribution in [0.15, 0.2) is 42.5 Å². The van der Waals surface area contributed by atoms with Gasteiger partial charge in [0.05, 0.1) is 18.1 Å². The number of fused-ring (bicyclic) bond motifs is 1. The molecule has 3 rings (SSSR count). The van der Waals surface area contributed by atoms with E-state index in [9.17, 15) is 9.18 Å². The molecule has 6 nitrogen and oxygen atoms in total. The van der Waals surface area contributed by atoms with Crippen molar-refractivity contribution in [3.8, 4) is 11.5 Å². The van der Waals surface area contributed by atoms with E-state index in [2.05, 4.69) is 15.3 Å². The first-order chi connectivity index (χ1) is 12.5. The molecule has 0 aliphatic rings. The molecular weight excluding hydrogens is 337 g/mol. The van der Waals surface area contributed by atoms with Crippen LogP contribution in [0.4, 0.5) is 4.39 Å². The molecule has 0 bridgehead atoms. The van der Waals surface area contributed by atoms with Gasteiger partial charge in [-0.3, -0.25) is 4.79 Å². The summed E-state index contributed by atoms with van der Waals surface area (Å²) in [4.78, 5) is 19.6. The van der Waals surface area contributed by atoms with Crippen LogP contribution >= 0.6 is 0 Å². The summed E-state index contributed by atoms with van der Waals surface area (Å²) in [6.07, 6.45) is -0.139. The molecule has 26 heavy (non-hydrogen) atoms. The average Bonchev–Trinajstić information content (AvgIpc) is 3.03. The van der Waals surface area contributed by atoms with Gasteiger partial charge in [-0.05, 0) is 37.3 Å².